The number of carbonyl (C=O) groups excluding carboxylic acids is 1. The van der Waals surface area contributed by atoms with Gasteiger partial charge in [0, 0.05) is 31.4 Å². The van der Waals surface area contributed by atoms with E-state index in [-0.39, 0.29) is 5.91 Å². The van der Waals surface area contributed by atoms with Crippen LogP contribution in [0.5, 0.6) is 0 Å². The number of amides is 1. The quantitative estimate of drug-likeness (QED) is 0.875. The van der Waals surface area contributed by atoms with Crippen LogP contribution in [0.15, 0.2) is 54.7 Å². The van der Waals surface area contributed by atoms with Crippen molar-refractivity contribution in [3.63, 3.8) is 0 Å². The fourth-order valence-corrected chi connectivity index (χ4v) is 3.69. The van der Waals surface area contributed by atoms with Crippen LogP contribution >= 0.6 is 0 Å². The zero-order valence-electron chi connectivity index (χ0n) is 14.9. The van der Waals surface area contributed by atoms with Gasteiger partial charge in [0.2, 0.25) is 0 Å². The molecule has 132 valence electrons. The van der Waals surface area contributed by atoms with Crippen LogP contribution < -0.4 is 5.32 Å². The maximum absolute atomic E-state index is 12.8. The van der Waals surface area contributed by atoms with Gasteiger partial charge in [0.05, 0.1) is 0 Å². The van der Waals surface area contributed by atoms with Crippen molar-refractivity contribution in [2.24, 2.45) is 0 Å². The molecule has 2 atom stereocenters. The van der Waals surface area contributed by atoms with E-state index >= 15 is 0 Å². The number of benzene rings is 1. The Bertz CT molecular complexity index is 659. The topological polar surface area (TPSA) is 45.2 Å². The largest absolute Gasteiger partial charge is 0.335 e. The second-order valence-electron chi connectivity index (χ2n) is 6.69. The zero-order chi connectivity index (χ0) is 17.5. The summed E-state index contributed by atoms with van der Waals surface area (Å²) in [5.41, 5.74) is 1.85. The number of pyridine rings is 1. The minimum absolute atomic E-state index is 0.0526. The highest BCUT2D eigenvalue weighted by molar-refractivity contribution is 5.92. The van der Waals surface area contributed by atoms with Gasteiger partial charge in [-0.1, -0.05) is 36.4 Å². The Balaban J connectivity index is 1.60. The predicted octanol–water partition coefficient (Wildman–Crippen LogP) is 3.64. The van der Waals surface area contributed by atoms with Crippen molar-refractivity contribution >= 4 is 5.91 Å². The van der Waals surface area contributed by atoms with E-state index in [0.29, 0.717) is 17.8 Å². The highest BCUT2D eigenvalue weighted by Gasteiger charge is 2.29. The molecule has 1 aromatic carbocycles. The smallest absolute Gasteiger partial charge is 0.272 e. The summed E-state index contributed by atoms with van der Waals surface area (Å²) in [6, 6.07) is 16.8. The van der Waals surface area contributed by atoms with Crippen LogP contribution in [-0.4, -0.2) is 34.4 Å². The molecule has 0 bridgehead atoms. The van der Waals surface area contributed by atoms with Gasteiger partial charge in [-0.05, 0) is 50.3 Å². The van der Waals surface area contributed by atoms with E-state index in [0.717, 1.165) is 32.4 Å². The number of nitrogens with zero attached hydrogens (tertiary/aromatic N) is 2. The first-order valence-electron chi connectivity index (χ1n) is 9.27. The molecular formula is C21H27N3O. The molecule has 0 aliphatic heterocycles. The monoisotopic (exact) mass is 337 g/mol. The van der Waals surface area contributed by atoms with E-state index in [1.807, 2.05) is 23.1 Å². The van der Waals surface area contributed by atoms with Gasteiger partial charge in [0.1, 0.15) is 5.69 Å². The summed E-state index contributed by atoms with van der Waals surface area (Å²) in [7, 11) is 0. The number of aromatic nitrogens is 1. The van der Waals surface area contributed by atoms with Crippen molar-refractivity contribution in [1.82, 2.24) is 15.2 Å². The summed E-state index contributed by atoms with van der Waals surface area (Å²) < 4.78 is 0. The van der Waals surface area contributed by atoms with Crippen molar-refractivity contribution in [3.8, 4) is 0 Å². The second-order valence-corrected chi connectivity index (χ2v) is 6.69. The molecule has 0 spiro atoms. The minimum atomic E-state index is 0.0526. The van der Waals surface area contributed by atoms with Crippen molar-refractivity contribution in [2.75, 3.05) is 6.54 Å². The average molecular weight is 337 g/mol. The SMILES string of the molecule is CCN(C(=O)c1ccccn1)[C@H]1CCC[C@@H](NCc2ccccc2)C1. The van der Waals surface area contributed by atoms with Crippen LogP contribution in [0, 0.1) is 0 Å². The van der Waals surface area contributed by atoms with Gasteiger partial charge >= 0.3 is 0 Å². The van der Waals surface area contributed by atoms with Crippen LogP contribution in [0.4, 0.5) is 0 Å². The Kier molecular flexibility index (Phi) is 6.18. The highest BCUT2D eigenvalue weighted by Crippen LogP contribution is 2.24. The highest BCUT2D eigenvalue weighted by atomic mass is 16.2. The molecule has 4 nitrogen and oxygen atoms in total. The maximum atomic E-state index is 12.8. The Hall–Kier alpha value is -2.20. The molecule has 1 N–H and O–H groups in total. The molecule has 0 saturated heterocycles. The number of hydrogen-bond donors (Lipinski definition) is 1. The van der Waals surface area contributed by atoms with Crippen molar-refractivity contribution in [1.29, 1.82) is 0 Å². The van der Waals surface area contributed by atoms with Gasteiger partial charge in [-0.15, -0.1) is 0 Å². The summed E-state index contributed by atoms with van der Waals surface area (Å²) in [4.78, 5) is 19.0. The molecule has 1 aromatic heterocycles. The third-order valence-corrected chi connectivity index (χ3v) is 5.01. The third kappa shape index (κ3) is 4.67. The third-order valence-electron chi connectivity index (χ3n) is 5.01. The van der Waals surface area contributed by atoms with Crippen LogP contribution in [0.2, 0.25) is 0 Å². The van der Waals surface area contributed by atoms with Gasteiger partial charge in [-0.3, -0.25) is 9.78 Å². The van der Waals surface area contributed by atoms with Crippen molar-refractivity contribution in [3.05, 3.63) is 66.0 Å². The molecule has 0 unspecified atom stereocenters. The van der Waals surface area contributed by atoms with E-state index in [4.69, 9.17) is 0 Å². The Morgan fingerprint density at radius 1 is 1.16 bits per heavy atom. The fourth-order valence-electron chi connectivity index (χ4n) is 3.69. The lowest BCUT2D eigenvalue weighted by molar-refractivity contribution is 0.0622. The van der Waals surface area contributed by atoms with Crippen LogP contribution in [0.25, 0.3) is 0 Å². The molecule has 0 radical (unpaired) electrons. The molecule has 1 aliphatic rings. The van der Waals surface area contributed by atoms with Crippen molar-refractivity contribution < 1.29 is 4.79 Å². The van der Waals surface area contributed by atoms with Gasteiger partial charge < -0.3 is 10.2 Å². The van der Waals surface area contributed by atoms with E-state index < -0.39 is 0 Å². The van der Waals surface area contributed by atoms with E-state index in [1.165, 1.54) is 12.0 Å². The summed E-state index contributed by atoms with van der Waals surface area (Å²) in [5, 5.41) is 3.67. The number of nitrogens with one attached hydrogen (secondary N) is 1. The Labute approximate surface area is 150 Å². The van der Waals surface area contributed by atoms with E-state index in [9.17, 15) is 4.79 Å². The lowest BCUT2D eigenvalue weighted by atomic mass is 9.89. The van der Waals surface area contributed by atoms with Gasteiger partial charge in [0.15, 0.2) is 0 Å². The molecule has 1 amide bonds. The minimum Gasteiger partial charge on any atom is -0.335 e. The molecule has 1 fully saturated rings. The molecule has 1 saturated carbocycles. The summed E-state index contributed by atoms with van der Waals surface area (Å²) in [6.45, 7) is 3.67. The normalized spacial score (nSPS) is 20.2. The molecular weight excluding hydrogens is 310 g/mol. The van der Waals surface area contributed by atoms with E-state index in [2.05, 4.69) is 41.5 Å². The number of rotatable bonds is 6. The molecule has 3 rings (SSSR count). The maximum Gasteiger partial charge on any atom is 0.272 e. The molecule has 2 aromatic rings. The Morgan fingerprint density at radius 2 is 1.96 bits per heavy atom. The van der Waals surface area contributed by atoms with Gasteiger partial charge in [-0.25, -0.2) is 0 Å². The van der Waals surface area contributed by atoms with Crippen molar-refractivity contribution in [2.45, 2.75) is 51.2 Å². The zero-order valence-corrected chi connectivity index (χ0v) is 14.9. The molecule has 1 aliphatic carbocycles. The summed E-state index contributed by atoms with van der Waals surface area (Å²) in [6.07, 6.45) is 6.11. The molecule has 25 heavy (non-hydrogen) atoms. The fraction of sp³-hybridized carbons (Fsp3) is 0.429. The van der Waals surface area contributed by atoms with Crippen LogP contribution in [0.1, 0.15) is 48.7 Å². The number of hydrogen-bond acceptors (Lipinski definition) is 3. The van der Waals surface area contributed by atoms with Crippen LogP contribution in [0.3, 0.4) is 0 Å². The standard InChI is InChI=1S/C21H27N3O/c1-2-24(21(25)20-13-6-7-14-22-20)19-12-8-11-18(15-19)23-16-17-9-4-3-5-10-17/h3-7,9-10,13-14,18-19,23H,2,8,11-12,15-16H2,1H3/t18-,19+/m1/s1. The molecule has 4 heteroatoms. The lowest BCUT2D eigenvalue weighted by Gasteiger charge is -2.37. The van der Waals surface area contributed by atoms with Gasteiger partial charge in [-0.2, -0.15) is 0 Å². The van der Waals surface area contributed by atoms with Crippen LogP contribution in [-0.2, 0) is 6.54 Å². The predicted molar refractivity (Wildman–Crippen MR) is 100 cm³/mol. The summed E-state index contributed by atoms with van der Waals surface area (Å²) >= 11 is 0. The summed E-state index contributed by atoms with van der Waals surface area (Å²) in [5.74, 6) is 0.0526. The first-order valence-corrected chi connectivity index (χ1v) is 9.27. The van der Waals surface area contributed by atoms with Gasteiger partial charge in [0.25, 0.3) is 5.91 Å². The number of carbonyl (C=O) groups is 1. The molecule has 1 heterocycles. The van der Waals surface area contributed by atoms with E-state index in [1.54, 1.807) is 12.3 Å². The average Bonchev–Trinajstić information content (AvgIpc) is 2.69. The first kappa shape index (κ1) is 17.6. The second kappa shape index (κ2) is 8.77. The lowest BCUT2D eigenvalue weighted by Crippen LogP contribution is -2.47. The first-order chi connectivity index (χ1) is 12.3. The Morgan fingerprint density at radius 3 is 2.68 bits per heavy atom.